The number of hydrogen-bond acceptors (Lipinski definition) is 3. The fraction of sp³-hybridized carbons (Fsp3) is 0.286. The average molecular weight is 335 g/mol. The fourth-order valence-corrected chi connectivity index (χ4v) is 3.01. The second-order valence-corrected chi connectivity index (χ2v) is 6.57. The van der Waals surface area contributed by atoms with Crippen molar-refractivity contribution in [1.82, 2.24) is 5.32 Å². The Bertz CT molecular complexity index is 879. The van der Waals surface area contributed by atoms with E-state index in [0.717, 1.165) is 17.7 Å². The number of fused-ring (bicyclic) bond motifs is 1. The van der Waals surface area contributed by atoms with Crippen LogP contribution in [-0.2, 0) is 6.61 Å². The van der Waals surface area contributed by atoms with Gasteiger partial charge in [0.2, 0.25) is 0 Å². The quantitative estimate of drug-likeness (QED) is 0.719. The predicted molar refractivity (Wildman–Crippen MR) is 96.7 cm³/mol. The van der Waals surface area contributed by atoms with E-state index in [4.69, 9.17) is 9.15 Å². The first kappa shape index (κ1) is 15.8. The molecular weight excluding hydrogens is 314 g/mol. The van der Waals surface area contributed by atoms with Gasteiger partial charge in [-0.15, -0.1) is 0 Å². The number of furan rings is 1. The molecule has 1 saturated carbocycles. The Morgan fingerprint density at radius 1 is 1.08 bits per heavy atom. The zero-order chi connectivity index (χ0) is 17.1. The molecule has 4 nitrogen and oxygen atoms in total. The van der Waals surface area contributed by atoms with Crippen LogP contribution in [-0.4, -0.2) is 12.5 Å². The summed E-state index contributed by atoms with van der Waals surface area (Å²) >= 11 is 0. The van der Waals surface area contributed by atoms with Gasteiger partial charge in [0.1, 0.15) is 18.1 Å². The Morgan fingerprint density at radius 3 is 2.72 bits per heavy atom. The molecule has 1 aliphatic rings. The first-order valence-electron chi connectivity index (χ1n) is 8.76. The molecule has 4 heteroatoms. The van der Waals surface area contributed by atoms with Crippen LogP contribution in [0.15, 0.2) is 59.0 Å². The second-order valence-electron chi connectivity index (χ2n) is 6.57. The lowest BCUT2D eigenvalue weighted by Crippen LogP contribution is -2.31. The summed E-state index contributed by atoms with van der Waals surface area (Å²) in [6.45, 7) is 1.04. The van der Waals surface area contributed by atoms with Gasteiger partial charge < -0.3 is 14.5 Å². The molecule has 4 rings (SSSR count). The van der Waals surface area contributed by atoms with Crippen molar-refractivity contribution >= 4 is 16.7 Å². The molecule has 1 N–H and O–H groups in total. The molecule has 1 aliphatic carbocycles. The Labute approximate surface area is 146 Å². The number of nitrogens with one attached hydrogen (secondary N) is 1. The molecule has 0 radical (unpaired) electrons. The van der Waals surface area contributed by atoms with Crippen LogP contribution in [0.2, 0.25) is 0 Å². The van der Waals surface area contributed by atoms with Crippen LogP contribution in [0.4, 0.5) is 0 Å². The zero-order valence-electron chi connectivity index (χ0n) is 14.0. The van der Waals surface area contributed by atoms with Crippen LogP contribution in [0.3, 0.4) is 0 Å². The van der Waals surface area contributed by atoms with Crippen LogP contribution < -0.4 is 10.1 Å². The van der Waals surface area contributed by atoms with Crippen LogP contribution in [0.5, 0.6) is 5.75 Å². The van der Waals surface area contributed by atoms with Gasteiger partial charge in [0, 0.05) is 6.54 Å². The van der Waals surface area contributed by atoms with Crippen molar-refractivity contribution in [3.05, 3.63) is 66.1 Å². The summed E-state index contributed by atoms with van der Waals surface area (Å²) in [6.07, 6.45) is 3.70. The van der Waals surface area contributed by atoms with Crippen molar-refractivity contribution in [3.8, 4) is 5.75 Å². The molecule has 0 saturated heterocycles. The van der Waals surface area contributed by atoms with E-state index in [2.05, 4.69) is 17.4 Å². The average Bonchev–Trinajstić information content (AvgIpc) is 3.07. The maximum absolute atomic E-state index is 12.1. The van der Waals surface area contributed by atoms with Gasteiger partial charge in [0.15, 0.2) is 5.76 Å². The van der Waals surface area contributed by atoms with Crippen molar-refractivity contribution in [1.29, 1.82) is 0 Å². The van der Waals surface area contributed by atoms with Crippen molar-refractivity contribution < 1.29 is 13.9 Å². The number of ether oxygens (including phenoxy) is 1. The third-order valence-electron chi connectivity index (χ3n) is 4.76. The van der Waals surface area contributed by atoms with E-state index >= 15 is 0 Å². The maximum atomic E-state index is 12.1. The molecule has 0 atom stereocenters. The molecule has 3 aromatic rings. The summed E-state index contributed by atoms with van der Waals surface area (Å²) in [4.78, 5) is 12.1. The second kappa shape index (κ2) is 7.01. The number of carbonyl (C=O) groups excluding carboxylic acids is 1. The van der Waals surface area contributed by atoms with Crippen molar-refractivity contribution in [3.63, 3.8) is 0 Å². The van der Waals surface area contributed by atoms with E-state index in [-0.39, 0.29) is 5.91 Å². The molecular formula is C21H21NO3. The van der Waals surface area contributed by atoms with Crippen molar-refractivity contribution in [2.75, 3.05) is 6.54 Å². The smallest absolute Gasteiger partial charge is 0.287 e. The van der Waals surface area contributed by atoms with Crippen LogP contribution in [0.1, 0.15) is 35.6 Å². The van der Waals surface area contributed by atoms with Gasteiger partial charge >= 0.3 is 0 Å². The Kier molecular flexibility index (Phi) is 4.42. The van der Waals surface area contributed by atoms with Gasteiger partial charge in [0.05, 0.1) is 0 Å². The van der Waals surface area contributed by atoms with Gasteiger partial charge in [-0.25, -0.2) is 0 Å². The predicted octanol–water partition coefficient (Wildman–Crippen LogP) is 4.54. The highest BCUT2D eigenvalue weighted by atomic mass is 16.5. The molecule has 1 fully saturated rings. The number of rotatable bonds is 6. The molecule has 1 aromatic heterocycles. The molecule has 1 amide bonds. The maximum Gasteiger partial charge on any atom is 0.287 e. The van der Waals surface area contributed by atoms with Gasteiger partial charge in [-0.05, 0) is 53.8 Å². The lowest BCUT2D eigenvalue weighted by molar-refractivity contribution is 0.0907. The van der Waals surface area contributed by atoms with Gasteiger partial charge in [0.25, 0.3) is 5.91 Å². The molecule has 0 bridgehead atoms. The van der Waals surface area contributed by atoms with Crippen LogP contribution in [0.25, 0.3) is 10.8 Å². The summed E-state index contributed by atoms with van der Waals surface area (Å²) in [6, 6.07) is 17.6. The summed E-state index contributed by atoms with van der Waals surface area (Å²) in [5.41, 5.74) is 0. The number of benzene rings is 2. The van der Waals surface area contributed by atoms with E-state index in [1.807, 2.05) is 30.3 Å². The topological polar surface area (TPSA) is 51.5 Å². The third kappa shape index (κ3) is 3.68. The highest BCUT2D eigenvalue weighted by Crippen LogP contribution is 2.25. The molecule has 2 aromatic carbocycles. The number of amides is 1. The molecule has 0 aliphatic heterocycles. The summed E-state index contributed by atoms with van der Waals surface area (Å²) in [7, 11) is 0. The summed E-state index contributed by atoms with van der Waals surface area (Å²) in [5.74, 6) is 2.25. The Morgan fingerprint density at radius 2 is 1.92 bits per heavy atom. The minimum absolute atomic E-state index is 0.149. The van der Waals surface area contributed by atoms with Gasteiger partial charge in [-0.3, -0.25) is 4.79 Å². The van der Waals surface area contributed by atoms with E-state index in [1.165, 1.54) is 24.6 Å². The largest absolute Gasteiger partial charge is 0.486 e. The monoisotopic (exact) mass is 335 g/mol. The molecule has 1 heterocycles. The molecule has 25 heavy (non-hydrogen) atoms. The zero-order valence-corrected chi connectivity index (χ0v) is 14.0. The van der Waals surface area contributed by atoms with E-state index in [0.29, 0.717) is 24.0 Å². The lowest BCUT2D eigenvalue weighted by atomic mass is 9.85. The molecule has 0 spiro atoms. The third-order valence-corrected chi connectivity index (χ3v) is 4.76. The molecule has 128 valence electrons. The first-order chi connectivity index (χ1) is 12.3. The minimum atomic E-state index is -0.149. The van der Waals surface area contributed by atoms with E-state index in [9.17, 15) is 4.79 Å². The standard InChI is InChI=1S/C21H21NO3/c23-21(22-13-15-4-3-5-15)20-11-10-19(25-20)14-24-18-9-8-16-6-1-2-7-17(16)12-18/h1-2,6-12,15H,3-5,13-14H2,(H,22,23). The molecule has 0 unspecified atom stereocenters. The van der Waals surface area contributed by atoms with Gasteiger partial charge in [-0.2, -0.15) is 0 Å². The normalized spacial score (nSPS) is 14.2. The van der Waals surface area contributed by atoms with Crippen molar-refractivity contribution in [2.45, 2.75) is 25.9 Å². The highest BCUT2D eigenvalue weighted by Gasteiger charge is 2.19. The van der Waals surface area contributed by atoms with Crippen LogP contribution >= 0.6 is 0 Å². The first-order valence-corrected chi connectivity index (χ1v) is 8.76. The van der Waals surface area contributed by atoms with E-state index < -0.39 is 0 Å². The summed E-state index contributed by atoms with van der Waals surface area (Å²) < 4.78 is 11.4. The van der Waals surface area contributed by atoms with E-state index in [1.54, 1.807) is 12.1 Å². The van der Waals surface area contributed by atoms with Crippen LogP contribution in [0, 0.1) is 5.92 Å². The Balaban J connectivity index is 1.34. The van der Waals surface area contributed by atoms with Crippen molar-refractivity contribution in [2.24, 2.45) is 5.92 Å². The Hall–Kier alpha value is -2.75. The van der Waals surface area contributed by atoms with Gasteiger partial charge in [-0.1, -0.05) is 36.8 Å². The summed E-state index contributed by atoms with van der Waals surface area (Å²) in [5, 5.41) is 5.25. The minimum Gasteiger partial charge on any atom is -0.486 e. The SMILES string of the molecule is O=C(NCC1CCC1)c1ccc(COc2ccc3ccccc3c2)o1. The fourth-order valence-electron chi connectivity index (χ4n) is 3.01. The highest BCUT2D eigenvalue weighted by molar-refractivity contribution is 5.91. The number of hydrogen-bond donors (Lipinski definition) is 1. The lowest BCUT2D eigenvalue weighted by Gasteiger charge is -2.25. The number of carbonyl (C=O) groups is 1.